The van der Waals surface area contributed by atoms with E-state index in [1.54, 1.807) is 0 Å². The van der Waals surface area contributed by atoms with Crippen LogP contribution in [-0.4, -0.2) is 0 Å². The van der Waals surface area contributed by atoms with Crippen LogP contribution in [0.25, 0.3) is 66.1 Å². The molecule has 0 atom stereocenters. The molecular weight excluding hydrogens is 773 g/mol. The predicted octanol–water partition coefficient (Wildman–Crippen LogP) is 17.6. The predicted molar refractivity (Wildman–Crippen MR) is 273 cm³/mol. The molecule has 0 spiro atoms. The fraction of sp³-hybridized carbons (Fsp3) is 0. The summed E-state index contributed by atoms with van der Waals surface area (Å²) in [6, 6.07) is 96.4. The molecule has 0 unspecified atom stereocenters. The van der Waals surface area contributed by atoms with Crippen molar-refractivity contribution >= 4 is 55.7 Å². The molecule has 0 aliphatic rings. The highest BCUT2D eigenvalue weighted by molar-refractivity contribution is 6.10. The Bertz CT molecular complexity index is 3390. The van der Waals surface area contributed by atoms with Crippen molar-refractivity contribution in [1.82, 2.24) is 0 Å². The first kappa shape index (κ1) is 38.5. The van der Waals surface area contributed by atoms with E-state index in [2.05, 4.69) is 277 Å². The molecule has 0 N–H and O–H groups in total. The van der Waals surface area contributed by atoms with Gasteiger partial charge in [0, 0.05) is 33.6 Å². The minimum atomic E-state index is 1.05. The first-order valence-electron chi connectivity index (χ1n) is 21.9. The third-order valence-corrected chi connectivity index (χ3v) is 12.2. The zero-order valence-electron chi connectivity index (χ0n) is 35.3. The Morgan fingerprint density at radius 1 is 0.203 bits per heavy atom. The molecule has 0 saturated heterocycles. The largest absolute Gasteiger partial charge is 0.310 e. The fourth-order valence-corrected chi connectivity index (χ4v) is 9.31. The van der Waals surface area contributed by atoms with Crippen LogP contribution >= 0.6 is 0 Å². The molecule has 0 aromatic heterocycles. The van der Waals surface area contributed by atoms with E-state index in [4.69, 9.17) is 0 Å². The van der Waals surface area contributed by atoms with E-state index in [1.165, 1.54) is 38.2 Å². The molecule has 11 aromatic rings. The van der Waals surface area contributed by atoms with Gasteiger partial charge in [0.15, 0.2) is 0 Å². The van der Waals surface area contributed by atoms with E-state index in [-0.39, 0.29) is 0 Å². The Balaban J connectivity index is 1.15. The summed E-state index contributed by atoms with van der Waals surface area (Å²) in [5.41, 5.74) is 15.9. The van der Waals surface area contributed by atoms with E-state index in [1.807, 2.05) is 0 Å². The summed E-state index contributed by atoms with van der Waals surface area (Å²) < 4.78 is 0. The second-order valence-corrected chi connectivity index (χ2v) is 16.1. The number of hydrogen-bond acceptors (Lipinski definition) is 2. The normalized spacial score (nSPS) is 11.1. The summed E-state index contributed by atoms with van der Waals surface area (Å²) in [7, 11) is 0. The van der Waals surface area contributed by atoms with Crippen molar-refractivity contribution in [3.63, 3.8) is 0 Å². The Morgan fingerprint density at radius 3 is 1.28 bits per heavy atom. The highest BCUT2D eigenvalue weighted by Crippen LogP contribution is 2.48. The topological polar surface area (TPSA) is 6.48 Å². The maximum absolute atomic E-state index is 2.46. The SMILES string of the molecule is c1ccc(-c2cccc(N(c3cccc(N(c4ccccc4-c4ccccc4)c4cccc5c(-c6cccc7ccccc67)cccc45)c3)c3ccccc3-c3ccccc3)c2)cc1. The number of anilines is 6. The third kappa shape index (κ3) is 7.27. The van der Waals surface area contributed by atoms with Crippen molar-refractivity contribution in [3.8, 4) is 44.5 Å². The number of fused-ring (bicyclic) bond motifs is 2. The maximum Gasteiger partial charge on any atom is 0.0540 e. The minimum Gasteiger partial charge on any atom is -0.310 e. The van der Waals surface area contributed by atoms with Crippen LogP contribution in [0.2, 0.25) is 0 Å². The maximum atomic E-state index is 2.46. The summed E-state index contributed by atoms with van der Waals surface area (Å²) in [5.74, 6) is 0. The molecule has 0 radical (unpaired) electrons. The van der Waals surface area contributed by atoms with Crippen molar-refractivity contribution in [2.75, 3.05) is 9.80 Å². The summed E-state index contributed by atoms with van der Waals surface area (Å²) in [5, 5.41) is 4.85. The van der Waals surface area contributed by atoms with Gasteiger partial charge in [0.1, 0.15) is 0 Å². The fourth-order valence-electron chi connectivity index (χ4n) is 9.31. The van der Waals surface area contributed by atoms with Crippen molar-refractivity contribution in [2.45, 2.75) is 0 Å². The van der Waals surface area contributed by atoms with Gasteiger partial charge in [-0.15, -0.1) is 0 Å². The van der Waals surface area contributed by atoms with E-state index < -0.39 is 0 Å². The third-order valence-electron chi connectivity index (χ3n) is 12.2. The zero-order chi connectivity index (χ0) is 42.7. The minimum absolute atomic E-state index is 1.05. The van der Waals surface area contributed by atoms with Gasteiger partial charge in [0.05, 0.1) is 17.1 Å². The first-order valence-corrected chi connectivity index (χ1v) is 21.9. The Hall–Kier alpha value is -8.46. The molecule has 0 aliphatic heterocycles. The molecule has 11 rings (SSSR count). The molecular formula is C62H44N2. The molecule has 0 fully saturated rings. The Morgan fingerprint density at radius 2 is 0.594 bits per heavy atom. The standard InChI is InChI=1S/C62H44N2/c1-4-21-45(22-5-1)49-29-16-30-50(43-49)63(60-40-14-12-34-54(60)47-23-6-2-7-24-47)51-31-18-32-52(44-51)64(61-41-15-13-35-55(61)48-25-8-3-9-26-48)62-42-20-38-58-57(37-19-39-59(58)62)56-36-17-28-46-27-10-11-33-53(46)56/h1-44H. The summed E-state index contributed by atoms with van der Waals surface area (Å²) >= 11 is 0. The van der Waals surface area contributed by atoms with Crippen molar-refractivity contribution in [3.05, 3.63) is 267 Å². The quantitative estimate of drug-likeness (QED) is 0.136. The van der Waals surface area contributed by atoms with Gasteiger partial charge in [-0.3, -0.25) is 0 Å². The van der Waals surface area contributed by atoms with Gasteiger partial charge in [-0.25, -0.2) is 0 Å². The molecule has 0 saturated carbocycles. The molecule has 0 heterocycles. The molecule has 0 amide bonds. The summed E-state index contributed by atoms with van der Waals surface area (Å²) in [6.07, 6.45) is 0. The molecule has 0 aliphatic carbocycles. The number of para-hydroxylation sites is 2. The van der Waals surface area contributed by atoms with Crippen LogP contribution in [0.4, 0.5) is 34.1 Å². The van der Waals surface area contributed by atoms with Gasteiger partial charge in [0.25, 0.3) is 0 Å². The van der Waals surface area contributed by atoms with Crippen LogP contribution in [0, 0.1) is 0 Å². The molecule has 64 heavy (non-hydrogen) atoms. The van der Waals surface area contributed by atoms with E-state index >= 15 is 0 Å². The highest BCUT2D eigenvalue weighted by Gasteiger charge is 2.23. The highest BCUT2D eigenvalue weighted by atomic mass is 15.2. The van der Waals surface area contributed by atoms with Crippen LogP contribution < -0.4 is 9.80 Å². The van der Waals surface area contributed by atoms with Crippen LogP contribution in [0.15, 0.2) is 267 Å². The molecule has 302 valence electrons. The van der Waals surface area contributed by atoms with Gasteiger partial charge in [0.2, 0.25) is 0 Å². The lowest BCUT2D eigenvalue weighted by Crippen LogP contribution is -2.14. The molecule has 0 bridgehead atoms. The van der Waals surface area contributed by atoms with Crippen LogP contribution in [0.5, 0.6) is 0 Å². The lowest BCUT2D eigenvalue weighted by atomic mass is 9.93. The average Bonchev–Trinajstić information content (AvgIpc) is 3.38. The zero-order valence-corrected chi connectivity index (χ0v) is 35.3. The Labute approximate surface area is 375 Å². The smallest absolute Gasteiger partial charge is 0.0540 e. The summed E-state index contributed by atoms with van der Waals surface area (Å²) in [6.45, 7) is 0. The average molecular weight is 817 g/mol. The second kappa shape index (κ2) is 17.1. The summed E-state index contributed by atoms with van der Waals surface area (Å²) in [4.78, 5) is 4.88. The van der Waals surface area contributed by atoms with Crippen LogP contribution in [0.1, 0.15) is 0 Å². The van der Waals surface area contributed by atoms with Crippen molar-refractivity contribution in [1.29, 1.82) is 0 Å². The molecule has 2 heteroatoms. The van der Waals surface area contributed by atoms with E-state index in [9.17, 15) is 0 Å². The van der Waals surface area contributed by atoms with Gasteiger partial charge < -0.3 is 9.80 Å². The van der Waals surface area contributed by atoms with Gasteiger partial charge in [-0.1, -0.05) is 218 Å². The number of nitrogens with zero attached hydrogens (tertiary/aromatic N) is 2. The van der Waals surface area contributed by atoms with Crippen molar-refractivity contribution < 1.29 is 0 Å². The first-order chi connectivity index (χ1) is 31.8. The van der Waals surface area contributed by atoms with Crippen molar-refractivity contribution in [2.24, 2.45) is 0 Å². The Kier molecular flexibility index (Phi) is 10.3. The van der Waals surface area contributed by atoms with E-state index in [0.29, 0.717) is 0 Å². The number of hydrogen-bond donors (Lipinski definition) is 0. The van der Waals surface area contributed by atoms with E-state index in [0.717, 1.165) is 61.9 Å². The van der Waals surface area contributed by atoms with Gasteiger partial charge in [-0.2, -0.15) is 0 Å². The van der Waals surface area contributed by atoms with Gasteiger partial charge >= 0.3 is 0 Å². The van der Waals surface area contributed by atoms with Crippen LogP contribution in [-0.2, 0) is 0 Å². The monoisotopic (exact) mass is 816 g/mol. The number of rotatable bonds is 10. The lowest BCUT2D eigenvalue weighted by molar-refractivity contribution is 1.25. The number of benzene rings is 11. The second-order valence-electron chi connectivity index (χ2n) is 16.1. The molecule has 11 aromatic carbocycles. The lowest BCUT2D eigenvalue weighted by Gasteiger charge is -2.32. The van der Waals surface area contributed by atoms with Crippen LogP contribution in [0.3, 0.4) is 0 Å². The van der Waals surface area contributed by atoms with Gasteiger partial charge in [-0.05, 0) is 98.1 Å². The molecule has 2 nitrogen and oxygen atoms in total.